The van der Waals surface area contributed by atoms with E-state index in [1.54, 1.807) is 11.3 Å². The molecule has 5 nitrogen and oxygen atoms in total. The number of benzene rings is 1. The van der Waals surface area contributed by atoms with Crippen molar-refractivity contribution < 1.29 is 4.74 Å². The van der Waals surface area contributed by atoms with Crippen LogP contribution < -0.4 is 4.74 Å². The third-order valence-corrected chi connectivity index (χ3v) is 5.26. The number of hydrogen-bond donors (Lipinski definition) is 0. The number of aromatic nitrogens is 3. The Balaban J connectivity index is 1.55. The number of ether oxygens (including phenoxy) is 1. The second kappa shape index (κ2) is 8.42. The van der Waals surface area contributed by atoms with E-state index in [9.17, 15) is 0 Å². The van der Waals surface area contributed by atoms with Gasteiger partial charge in [-0.2, -0.15) is 5.10 Å². The molecule has 0 radical (unpaired) electrons. The highest BCUT2D eigenvalue weighted by Gasteiger charge is 2.10. The van der Waals surface area contributed by atoms with Gasteiger partial charge in [-0.3, -0.25) is 4.90 Å². The van der Waals surface area contributed by atoms with Crippen LogP contribution in [-0.4, -0.2) is 39.4 Å². The molecule has 0 aliphatic carbocycles. The van der Waals surface area contributed by atoms with Crippen LogP contribution in [0.15, 0.2) is 47.8 Å². The van der Waals surface area contributed by atoms with Gasteiger partial charge in [-0.25, -0.2) is 4.68 Å². The van der Waals surface area contributed by atoms with E-state index in [0.717, 1.165) is 29.3 Å². The number of nitrogens with zero attached hydrogens (tertiary/aromatic N) is 4. The topological polar surface area (TPSA) is 35.2 Å². The Morgan fingerprint density at radius 1 is 1.20 bits per heavy atom. The molecule has 1 aromatic carbocycles. The molecule has 0 bridgehead atoms. The molecule has 0 unspecified atom stereocenters. The summed E-state index contributed by atoms with van der Waals surface area (Å²) in [5.74, 6) is 1.88. The summed E-state index contributed by atoms with van der Waals surface area (Å²) >= 11 is 7.27. The van der Waals surface area contributed by atoms with Crippen molar-refractivity contribution in [3.63, 3.8) is 0 Å². The van der Waals surface area contributed by atoms with Gasteiger partial charge in [0.25, 0.3) is 0 Å². The first-order valence-electron chi connectivity index (χ1n) is 8.15. The molecule has 7 heteroatoms. The lowest BCUT2D eigenvalue weighted by Gasteiger charge is -2.16. The first kappa shape index (κ1) is 17.8. The van der Waals surface area contributed by atoms with Gasteiger partial charge in [0.2, 0.25) is 0 Å². The van der Waals surface area contributed by atoms with Gasteiger partial charge in [0.1, 0.15) is 18.2 Å². The predicted octanol–water partition coefficient (Wildman–Crippen LogP) is 3.57. The van der Waals surface area contributed by atoms with Crippen LogP contribution in [0.5, 0.6) is 5.75 Å². The molecule has 2 aromatic heterocycles. The average molecular weight is 375 g/mol. The van der Waals surface area contributed by atoms with E-state index in [1.165, 1.54) is 4.88 Å². The molecule has 25 heavy (non-hydrogen) atoms. The Hall–Kier alpha value is -1.96. The monoisotopic (exact) mass is 374 g/mol. The largest absolute Gasteiger partial charge is 0.492 e. The molecule has 0 N–H and O–H groups in total. The van der Waals surface area contributed by atoms with Crippen LogP contribution in [0.2, 0.25) is 0 Å². The highest BCUT2D eigenvalue weighted by atomic mass is 32.1. The Morgan fingerprint density at radius 3 is 2.72 bits per heavy atom. The predicted molar refractivity (Wildman–Crippen MR) is 104 cm³/mol. The van der Waals surface area contributed by atoms with Crippen LogP contribution in [0.4, 0.5) is 0 Å². The van der Waals surface area contributed by atoms with Crippen LogP contribution in [0.25, 0.3) is 0 Å². The van der Waals surface area contributed by atoms with Crippen molar-refractivity contribution >= 4 is 23.6 Å². The van der Waals surface area contributed by atoms with E-state index in [4.69, 9.17) is 22.1 Å². The summed E-state index contributed by atoms with van der Waals surface area (Å²) in [5.41, 5.74) is 0. The lowest BCUT2D eigenvalue weighted by Crippen LogP contribution is -2.27. The van der Waals surface area contributed by atoms with E-state index in [2.05, 4.69) is 22.4 Å². The minimum absolute atomic E-state index is 0.628. The van der Waals surface area contributed by atoms with Gasteiger partial charge in [-0.15, -0.1) is 11.3 Å². The zero-order valence-electron chi connectivity index (χ0n) is 14.5. The Morgan fingerprint density at radius 2 is 2.00 bits per heavy atom. The van der Waals surface area contributed by atoms with Gasteiger partial charge in [-0.05, 0) is 42.8 Å². The van der Waals surface area contributed by atoms with Crippen molar-refractivity contribution in [1.29, 1.82) is 0 Å². The third-order valence-electron chi connectivity index (χ3n) is 3.90. The smallest absolute Gasteiger partial charge is 0.198 e. The molecule has 0 aliphatic heterocycles. The third kappa shape index (κ3) is 4.78. The molecular formula is C18H22N4OS2. The summed E-state index contributed by atoms with van der Waals surface area (Å²) in [5, 5.41) is 6.77. The first-order chi connectivity index (χ1) is 12.1. The fourth-order valence-corrected chi connectivity index (χ4v) is 3.39. The quantitative estimate of drug-likeness (QED) is 0.565. The molecule has 3 aromatic rings. The number of likely N-dealkylation sites (N-methyl/N-ethyl adjacent to an activating group) is 1. The average Bonchev–Trinajstić information content (AvgIpc) is 3.21. The Labute approximate surface area is 157 Å². The van der Waals surface area contributed by atoms with Crippen molar-refractivity contribution in [3.05, 3.63) is 63.3 Å². The number of rotatable bonds is 8. The van der Waals surface area contributed by atoms with Crippen LogP contribution >= 0.6 is 23.6 Å². The maximum absolute atomic E-state index is 5.74. The van der Waals surface area contributed by atoms with E-state index in [0.29, 0.717) is 13.3 Å². The molecular weight excluding hydrogens is 352 g/mol. The lowest BCUT2D eigenvalue weighted by atomic mass is 10.3. The van der Waals surface area contributed by atoms with Gasteiger partial charge in [-0.1, -0.05) is 24.3 Å². The van der Waals surface area contributed by atoms with Crippen molar-refractivity contribution in [1.82, 2.24) is 19.2 Å². The summed E-state index contributed by atoms with van der Waals surface area (Å²) in [6, 6.07) is 14.0. The minimum Gasteiger partial charge on any atom is -0.492 e. The maximum Gasteiger partial charge on any atom is 0.198 e. The second-order valence-electron chi connectivity index (χ2n) is 5.90. The van der Waals surface area contributed by atoms with Gasteiger partial charge in [0.05, 0.1) is 6.67 Å². The van der Waals surface area contributed by atoms with Crippen LogP contribution in [0.3, 0.4) is 0 Å². The molecule has 2 heterocycles. The Kier molecular flexibility index (Phi) is 6.01. The molecule has 0 spiro atoms. The summed E-state index contributed by atoms with van der Waals surface area (Å²) in [7, 11) is 4.02. The maximum atomic E-state index is 5.74. The van der Waals surface area contributed by atoms with Crippen molar-refractivity contribution in [2.75, 3.05) is 20.2 Å². The van der Waals surface area contributed by atoms with Gasteiger partial charge >= 0.3 is 0 Å². The first-order valence-corrected chi connectivity index (χ1v) is 9.44. The fraction of sp³-hybridized carbons (Fsp3) is 0.333. The zero-order valence-corrected chi connectivity index (χ0v) is 16.1. The van der Waals surface area contributed by atoms with Crippen molar-refractivity contribution in [3.8, 4) is 5.75 Å². The van der Waals surface area contributed by atoms with Crippen LogP contribution in [-0.2, 0) is 20.1 Å². The zero-order chi connectivity index (χ0) is 17.6. The van der Waals surface area contributed by atoms with Gasteiger partial charge in [0, 0.05) is 24.9 Å². The minimum atomic E-state index is 0.628. The van der Waals surface area contributed by atoms with E-state index in [-0.39, 0.29) is 0 Å². The normalized spacial score (nSPS) is 11.2. The van der Waals surface area contributed by atoms with Gasteiger partial charge in [0.15, 0.2) is 4.77 Å². The van der Waals surface area contributed by atoms with Crippen LogP contribution in [0, 0.1) is 4.77 Å². The number of para-hydroxylation sites is 1. The number of hydrogen-bond acceptors (Lipinski definition) is 5. The van der Waals surface area contributed by atoms with E-state index < -0.39 is 0 Å². The van der Waals surface area contributed by atoms with E-state index >= 15 is 0 Å². The molecule has 0 saturated heterocycles. The standard InChI is InChI=1S/C18H22N4OS2/c1-20(10-11-23-15-7-4-3-5-8-15)14-22-18(24)21(2)17(19-22)13-16-9-6-12-25-16/h3-9,12H,10-11,13-14H2,1-2H3. The van der Waals surface area contributed by atoms with E-state index in [1.807, 2.05) is 53.7 Å². The molecule has 0 atom stereocenters. The second-order valence-corrected chi connectivity index (χ2v) is 7.29. The highest BCUT2D eigenvalue weighted by molar-refractivity contribution is 7.71. The van der Waals surface area contributed by atoms with Gasteiger partial charge < -0.3 is 9.30 Å². The molecule has 132 valence electrons. The molecule has 0 saturated carbocycles. The fourth-order valence-electron chi connectivity index (χ4n) is 2.48. The summed E-state index contributed by atoms with van der Waals surface area (Å²) in [6.45, 7) is 2.07. The molecule has 0 aliphatic rings. The summed E-state index contributed by atoms with van der Waals surface area (Å²) in [4.78, 5) is 3.44. The van der Waals surface area contributed by atoms with Crippen molar-refractivity contribution in [2.24, 2.45) is 7.05 Å². The summed E-state index contributed by atoms with van der Waals surface area (Å²) < 4.78 is 10.3. The SMILES string of the molecule is CN(CCOc1ccccc1)Cn1nc(Cc2cccs2)n(C)c1=S. The Bertz CT molecular complexity index is 840. The number of thiophene rings is 1. The van der Waals surface area contributed by atoms with Crippen LogP contribution in [0.1, 0.15) is 10.7 Å². The molecule has 0 amide bonds. The highest BCUT2D eigenvalue weighted by Crippen LogP contribution is 2.14. The molecule has 0 fully saturated rings. The lowest BCUT2D eigenvalue weighted by molar-refractivity contribution is 0.197. The van der Waals surface area contributed by atoms with Crippen molar-refractivity contribution in [2.45, 2.75) is 13.1 Å². The molecule has 3 rings (SSSR count). The summed E-state index contributed by atoms with van der Waals surface area (Å²) in [6.07, 6.45) is 0.811.